The molecule has 0 heterocycles. The number of hydrogen-bond acceptors (Lipinski definition) is 3. The number of para-hydroxylation sites is 1. The normalized spacial score (nSPS) is 11.9. The van der Waals surface area contributed by atoms with Crippen LogP contribution in [0.2, 0.25) is 0 Å². The van der Waals surface area contributed by atoms with Crippen molar-refractivity contribution in [1.82, 2.24) is 5.32 Å². The van der Waals surface area contributed by atoms with Crippen LogP contribution in [-0.4, -0.2) is 19.7 Å². The standard InChI is InChI=1S/C10H10F2N2O/c1-14-7(5-13)6-15-10-8(11)3-2-4-9(10)12/h2-4,7,14H,6H2,1H3. The van der Waals surface area contributed by atoms with Gasteiger partial charge in [-0.3, -0.25) is 0 Å². The lowest BCUT2D eigenvalue weighted by Crippen LogP contribution is -2.30. The molecule has 1 atom stereocenters. The van der Waals surface area contributed by atoms with Crippen LogP contribution in [0.15, 0.2) is 18.2 Å². The molecule has 0 aliphatic heterocycles. The average Bonchev–Trinajstić information content (AvgIpc) is 2.23. The lowest BCUT2D eigenvalue weighted by Gasteiger charge is -2.11. The number of nitrogens with zero attached hydrogens (tertiary/aromatic N) is 1. The maximum atomic E-state index is 13.0. The molecular formula is C10H10F2N2O. The number of ether oxygens (including phenoxy) is 1. The summed E-state index contributed by atoms with van der Waals surface area (Å²) in [6.45, 7) is -0.106. The third-order valence-corrected chi connectivity index (χ3v) is 1.82. The first kappa shape index (κ1) is 11.4. The van der Waals surface area contributed by atoms with Gasteiger partial charge in [-0.05, 0) is 19.2 Å². The van der Waals surface area contributed by atoms with E-state index in [-0.39, 0.29) is 6.61 Å². The van der Waals surface area contributed by atoms with Crippen molar-refractivity contribution in [2.45, 2.75) is 6.04 Å². The van der Waals surface area contributed by atoms with Gasteiger partial charge in [0.05, 0.1) is 6.07 Å². The van der Waals surface area contributed by atoms with Gasteiger partial charge in [-0.25, -0.2) is 8.78 Å². The van der Waals surface area contributed by atoms with Crippen LogP contribution in [0.5, 0.6) is 5.75 Å². The van der Waals surface area contributed by atoms with Crippen LogP contribution in [0, 0.1) is 23.0 Å². The zero-order valence-corrected chi connectivity index (χ0v) is 8.13. The highest BCUT2D eigenvalue weighted by atomic mass is 19.1. The van der Waals surface area contributed by atoms with Crippen molar-refractivity contribution in [3.05, 3.63) is 29.8 Å². The Hall–Kier alpha value is -1.67. The highest BCUT2D eigenvalue weighted by molar-refractivity contribution is 5.26. The number of likely N-dealkylation sites (N-methyl/N-ethyl adjacent to an activating group) is 1. The van der Waals surface area contributed by atoms with E-state index < -0.39 is 23.4 Å². The molecule has 1 N–H and O–H groups in total. The van der Waals surface area contributed by atoms with Gasteiger partial charge in [0, 0.05) is 0 Å². The SMILES string of the molecule is CNC(C#N)COc1c(F)cccc1F. The average molecular weight is 212 g/mol. The van der Waals surface area contributed by atoms with E-state index in [1.165, 1.54) is 6.07 Å². The number of nitrogens with one attached hydrogen (secondary N) is 1. The van der Waals surface area contributed by atoms with Crippen molar-refractivity contribution in [2.24, 2.45) is 0 Å². The minimum Gasteiger partial charge on any atom is -0.485 e. The molecule has 0 aromatic heterocycles. The second kappa shape index (κ2) is 5.27. The summed E-state index contributed by atoms with van der Waals surface area (Å²) in [5, 5.41) is 11.2. The maximum absolute atomic E-state index is 13.0. The topological polar surface area (TPSA) is 45.0 Å². The molecular weight excluding hydrogens is 202 g/mol. The predicted molar refractivity (Wildman–Crippen MR) is 50.3 cm³/mol. The van der Waals surface area contributed by atoms with Gasteiger partial charge in [-0.2, -0.15) is 5.26 Å². The van der Waals surface area contributed by atoms with Gasteiger partial charge in [0.2, 0.25) is 0 Å². The van der Waals surface area contributed by atoms with Gasteiger partial charge >= 0.3 is 0 Å². The van der Waals surface area contributed by atoms with Crippen LogP contribution in [0.4, 0.5) is 8.78 Å². The van der Waals surface area contributed by atoms with E-state index in [0.29, 0.717) is 0 Å². The fourth-order valence-corrected chi connectivity index (χ4v) is 0.972. The minimum absolute atomic E-state index is 0.106. The molecule has 3 nitrogen and oxygen atoms in total. The van der Waals surface area contributed by atoms with Crippen LogP contribution in [0.3, 0.4) is 0 Å². The lowest BCUT2D eigenvalue weighted by molar-refractivity contribution is 0.267. The Labute approximate surface area is 86.3 Å². The Kier molecular flexibility index (Phi) is 4.01. The summed E-state index contributed by atoms with van der Waals surface area (Å²) in [7, 11) is 1.56. The van der Waals surface area contributed by atoms with Crippen molar-refractivity contribution in [3.8, 4) is 11.8 Å². The number of hydrogen-bond donors (Lipinski definition) is 1. The molecule has 80 valence electrons. The van der Waals surface area contributed by atoms with Crippen LogP contribution >= 0.6 is 0 Å². The van der Waals surface area contributed by atoms with Crippen molar-refractivity contribution >= 4 is 0 Å². The quantitative estimate of drug-likeness (QED) is 0.821. The van der Waals surface area contributed by atoms with Crippen molar-refractivity contribution in [1.29, 1.82) is 5.26 Å². The fourth-order valence-electron chi connectivity index (χ4n) is 0.972. The van der Waals surface area contributed by atoms with Gasteiger partial charge in [0.15, 0.2) is 17.4 Å². The number of halogens is 2. The largest absolute Gasteiger partial charge is 0.485 e. The van der Waals surface area contributed by atoms with E-state index in [1.54, 1.807) is 7.05 Å². The molecule has 0 saturated carbocycles. The summed E-state index contributed by atoms with van der Waals surface area (Å²) in [6, 6.07) is 4.73. The summed E-state index contributed by atoms with van der Waals surface area (Å²) in [5.74, 6) is -2.00. The first-order valence-corrected chi connectivity index (χ1v) is 4.32. The Morgan fingerprint density at radius 3 is 2.53 bits per heavy atom. The maximum Gasteiger partial charge on any atom is 0.190 e. The Morgan fingerprint density at radius 1 is 1.47 bits per heavy atom. The van der Waals surface area contributed by atoms with Crippen LogP contribution in [0.25, 0.3) is 0 Å². The highest BCUT2D eigenvalue weighted by Crippen LogP contribution is 2.20. The molecule has 0 spiro atoms. The zero-order chi connectivity index (χ0) is 11.3. The molecule has 1 aromatic rings. The Balaban J connectivity index is 2.69. The van der Waals surface area contributed by atoms with Gasteiger partial charge in [-0.15, -0.1) is 0 Å². The second-order valence-electron chi connectivity index (χ2n) is 2.83. The first-order chi connectivity index (χ1) is 7.19. The van der Waals surface area contributed by atoms with E-state index in [9.17, 15) is 8.78 Å². The van der Waals surface area contributed by atoms with E-state index >= 15 is 0 Å². The molecule has 0 radical (unpaired) electrons. The van der Waals surface area contributed by atoms with Gasteiger partial charge in [-0.1, -0.05) is 6.07 Å². The van der Waals surface area contributed by atoms with Crippen molar-refractivity contribution in [2.75, 3.05) is 13.7 Å². The highest BCUT2D eigenvalue weighted by Gasteiger charge is 2.12. The van der Waals surface area contributed by atoms with Crippen LogP contribution in [0.1, 0.15) is 0 Å². The molecule has 0 bridgehead atoms. The summed E-state index contributed by atoms with van der Waals surface area (Å²) < 4.78 is 31.0. The molecule has 0 saturated heterocycles. The summed E-state index contributed by atoms with van der Waals surface area (Å²) >= 11 is 0. The first-order valence-electron chi connectivity index (χ1n) is 4.32. The third-order valence-electron chi connectivity index (χ3n) is 1.82. The third kappa shape index (κ3) is 2.89. The van der Waals surface area contributed by atoms with E-state index in [1.807, 2.05) is 6.07 Å². The van der Waals surface area contributed by atoms with Gasteiger partial charge in [0.1, 0.15) is 12.6 Å². The number of benzene rings is 1. The number of rotatable bonds is 4. The molecule has 0 aliphatic carbocycles. The zero-order valence-electron chi connectivity index (χ0n) is 8.13. The molecule has 1 aromatic carbocycles. The molecule has 15 heavy (non-hydrogen) atoms. The summed E-state index contributed by atoms with van der Waals surface area (Å²) in [6.07, 6.45) is 0. The molecule has 0 aliphatic rings. The smallest absolute Gasteiger partial charge is 0.190 e. The lowest BCUT2D eigenvalue weighted by atomic mass is 10.3. The number of nitriles is 1. The fraction of sp³-hybridized carbons (Fsp3) is 0.300. The Bertz CT molecular complexity index is 356. The van der Waals surface area contributed by atoms with Crippen molar-refractivity contribution < 1.29 is 13.5 Å². The van der Waals surface area contributed by atoms with Gasteiger partial charge < -0.3 is 10.1 Å². The molecule has 1 unspecified atom stereocenters. The molecule has 1 rings (SSSR count). The van der Waals surface area contributed by atoms with E-state index in [2.05, 4.69) is 5.32 Å². The van der Waals surface area contributed by atoms with Crippen LogP contribution < -0.4 is 10.1 Å². The molecule has 0 fully saturated rings. The monoisotopic (exact) mass is 212 g/mol. The summed E-state index contributed by atoms with van der Waals surface area (Å²) in [4.78, 5) is 0. The minimum atomic E-state index is -0.775. The second-order valence-corrected chi connectivity index (χ2v) is 2.83. The molecule has 5 heteroatoms. The molecule has 0 amide bonds. The van der Waals surface area contributed by atoms with Crippen LogP contribution in [-0.2, 0) is 0 Å². The van der Waals surface area contributed by atoms with E-state index in [4.69, 9.17) is 10.00 Å². The van der Waals surface area contributed by atoms with E-state index in [0.717, 1.165) is 12.1 Å². The predicted octanol–water partition coefficient (Wildman–Crippen LogP) is 1.46. The summed E-state index contributed by atoms with van der Waals surface area (Å²) in [5.41, 5.74) is 0. The van der Waals surface area contributed by atoms with Crippen molar-refractivity contribution in [3.63, 3.8) is 0 Å². The van der Waals surface area contributed by atoms with Gasteiger partial charge in [0.25, 0.3) is 0 Å². The Morgan fingerprint density at radius 2 is 2.07 bits per heavy atom.